The Morgan fingerprint density at radius 1 is 1.17 bits per heavy atom. The van der Waals surface area contributed by atoms with E-state index in [-0.39, 0.29) is 22.8 Å². The van der Waals surface area contributed by atoms with E-state index in [2.05, 4.69) is 36.3 Å². The van der Waals surface area contributed by atoms with Gasteiger partial charge in [-0.15, -0.1) is 10.2 Å². The Morgan fingerprint density at radius 3 is 2.70 bits per heavy atom. The van der Waals surface area contributed by atoms with Crippen LogP contribution in [0.2, 0.25) is 0 Å². The molecule has 1 heterocycles. The Labute approximate surface area is 137 Å². The third-order valence-electron chi connectivity index (χ3n) is 6.29. The van der Waals surface area contributed by atoms with Crippen LogP contribution in [0.5, 0.6) is 0 Å². The molecule has 120 valence electrons. The molecule has 0 aromatic rings. The lowest BCUT2D eigenvalue weighted by molar-refractivity contribution is 0.0734. The maximum atomic E-state index is 12.9. The summed E-state index contributed by atoms with van der Waals surface area (Å²) >= 11 is 0. The summed E-state index contributed by atoms with van der Waals surface area (Å²) in [6, 6.07) is 9.78. The molecule has 1 N–H and O–H groups in total. The topological polar surface area (TPSA) is 54.9 Å². The Bertz CT molecular complexity index is 736. The first-order chi connectivity index (χ1) is 10.9. The van der Waals surface area contributed by atoms with E-state index < -0.39 is 0 Å². The first-order valence-corrected chi connectivity index (χ1v) is 8.44. The molecule has 0 spiro atoms. The first-order valence-electron chi connectivity index (χ1n) is 8.44. The lowest BCUT2D eigenvalue weighted by Gasteiger charge is -2.43. The SMILES string of the molecule is CC12CCC(C1)C(C)(C)C2NC(=O)c1nnc2cccccc1-2. The van der Waals surface area contributed by atoms with E-state index in [0.29, 0.717) is 11.6 Å². The molecule has 2 fully saturated rings. The van der Waals surface area contributed by atoms with Crippen molar-refractivity contribution in [3.63, 3.8) is 0 Å². The van der Waals surface area contributed by atoms with Crippen molar-refractivity contribution in [2.45, 2.75) is 46.1 Å². The molecule has 4 nitrogen and oxygen atoms in total. The van der Waals surface area contributed by atoms with Crippen molar-refractivity contribution >= 4 is 5.91 Å². The van der Waals surface area contributed by atoms with E-state index in [1.807, 2.05) is 30.3 Å². The van der Waals surface area contributed by atoms with Crippen LogP contribution in [0, 0.1) is 16.7 Å². The number of hydrogen-bond acceptors (Lipinski definition) is 3. The molecule has 0 saturated heterocycles. The number of amides is 1. The number of rotatable bonds is 2. The molecule has 0 radical (unpaired) electrons. The van der Waals surface area contributed by atoms with Gasteiger partial charge in [0.05, 0.1) is 5.69 Å². The lowest BCUT2D eigenvalue weighted by Crippen LogP contribution is -2.52. The van der Waals surface area contributed by atoms with Crippen LogP contribution >= 0.6 is 0 Å². The molecule has 3 unspecified atom stereocenters. The minimum atomic E-state index is -0.0921. The standard InChI is InChI=1S/C19H23N3O/c1-18(2)12-9-10-19(3,11-12)17(18)20-16(23)15-13-7-5-4-6-8-14(13)21-22-15/h4-8,12,17H,9-11H2,1-3H3,(H,20,23). The zero-order chi connectivity index (χ0) is 16.2. The van der Waals surface area contributed by atoms with Gasteiger partial charge in [0.1, 0.15) is 0 Å². The van der Waals surface area contributed by atoms with Gasteiger partial charge in [-0.05, 0) is 42.1 Å². The second-order valence-electron chi connectivity index (χ2n) is 8.08. The second kappa shape index (κ2) is 4.76. The Kier molecular flexibility index (Phi) is 3.03. The quantitative estimate of drug-likeness (QED) is 0.923. The van der Waals surface area contributed by atoms with Crippen LogP contribution in [0.4, 0.5) is 0 Å². The molecular formula is C19H23N3O. The normalized spacial score (nSPS) is 31.4. The highest BCUT2D eigenvalue weighted by molar-refractivity contribution is 5.99. The average Bonchev–Trinajstić information content (AvgIpc) is 3.07. The van der Waals surface area contributed by atoms with Gasteiger partial charge in [0.2, 0.25) is 0 Å². The molecule has 1 amide bonds. The van der Waals surface area contributed by atoms with E-state index in [9.17, 15) is 4.79 Å². The number of nitrogens with one attached hydrogen (secondary N) is 1. The fourth-order valence-corrected chi connectivity index (χ4v) is 5.01. The van der Waals surface area contributed by atoms with Crippen LogP contribution in [-0.4, -0.2) is 22.1 Å². The highest BCUT2D eigenvalue weighted by Crippen LogP contribution is 2.62. The maximum absolute atomic E-state index is 12.9. The van der Waals surface area contributed by atoms with Crippen molar-refractivity contribution in [3.05, 3.63) is 36.0 Å². The molecule has 4 rings (SSSR count). The van der Waals surface area contributed by atoms with Gasteiger partial charge in [0, 0.05) is 11.6 Å². The van der Waals surface area contributed by atoms with E-state index in [4.69, 9.17) is 0 Å². The van der Waals surface area contributed by atoms with Crippen molar-refractivity contribution in [1.29, 1.82) is 0 Å². The van der Waals surface area contributed by atoms with Gasteiger partial charge in [0.15, 0.2) is 5.69 Å². The molecule has 4 heteroatoms. The summed E-state index contributed by atoms with van der Waals surface area (Å²) < 4.78 is 0. The van der Waals surface area contributed by atoms with Crippen molar-refractivity contribution in [2.75, 3.05) is 0 Å². The number of nitrogens with zero attached hydrogens (tertiary/aromatic N) is 2. The zero-order valence-corrected chi connectivity index (χ0v) is 14.0. The summed E-state index contributed by atoms with van der Waals surface area (Å²) in [6.07, 6.45) is 3.70. The second-order valence-corrected chi connectivity index (χ2v) is 8.08. The number of carbonyl (C=O) groups excluding carboxylic acids is 1. The summed E-state index contributed by atoms with van der Waals surface area (Å²) in [5, 5.41) is 11.6. The fraction of sp³-hybridized carbons (Fsp3) is 0.526. The average molecular weight is 309 g/mol. The molecule has 3 atom stereocenters. The van der Waals surface area contributed by atoms with Gasteiger partial charge in [-0.2, -0.15) is 0 Å². The predicted octanol–water partition coefficient (Wildman–Crippen LogP) is 3.53. The highest BCUT2D eigenvalue weighted by atomic mass is 16.2. The van der Waals surface area contributed by atoms with Crippen LogP contribution in [0.1, 0.15) is 50.5 Å². The molecule has 2 saturated carbocycles. The number of fused-ring (bicyclic) bond motifs is 3. The maximum Gasteiger partial charge on any atom is 0.272 e. The van der Waals surface area contributed by atoms with Crippen molar-refractivity contribution in [3.8, 4) is 11.3 Å². The third-order valence-corrected chi connectivity index (χ3v) is 6.29. The molecule has 23 heavy (non-hydrogen) atoms. The van der Waals surface area contributed by atoms with Gasteiger partial charge in [-0.3, -0.25) is 4.79 Å². The molecule has 1 aliphatic heterocycles. The third kappa shape index (κ3) is 2.07. The Balaban J connectivity index is 1.64. The largest absolute Gasteiger partial charge is 0.347 e. The highest BCUT2D eigenvalue weighted by Gasteiger charge is 2.59. The summed E-state index contributed by atoms with van der Waals surface area (Å²) in [4.78, 5) is 12.9. The fourth-order valence-electron chi connectivity index (χ4n) is 5.01. The lowest BCUT2D eigenvalue weighted by atomic mass is 9.68. The molecule has 0 aromatic heterocycles. The van der Waals surface area contributed by atoms with Gasteiger partial charge in [-0.25, -0.2) is 0 Å². The van der Waals surface area contributed by atoms with Gasteiger partial charge in [-0.1, -0.05) is 45.0 Å². The van der Waals surface area contributed by atoms with Crippen molar-refractivity contribution in [1.82, 2.24) is 15.5 Å². The Morgan fingerprint density at radius 2 is 1.96 bits per heavy atom. The Hall–Kier alpha value is -1.97. The van der Waals surface area contributed by atoms with E-state index in [0.717, 1.165) is 11.3 Å². The van der Waals surface area contributed by atoms with Crippen molar-refractivity contribution in [2.24, 2.45) is 16.7 Å². The number of aromatic nitrogens is 2. The smallest absolute Gasteiger partial charge is 0.272 e. The van der Waals surface area contributed by atoms with Crippen LogP contribution in [0.15, 0.2) is 30.3 Å². The van der Waals surface area contributed by atoms with Crippen LogP contribution in [0.25, 0.3) is 11.3 Å². The van der Waals surface area contributed by atoms with E-state index in [1.54, 1.807) is 0 Å². The van der Waals surface area contributed by atoms with Crippen LogP contribution in [-0.2, 0) is 0 Å². The number of carbonyl (C=O) groups is 1. The summed E-state index contributed by atoms with van der Waals surface area (Å²) in [6.45, 7) is 6.91. The van der Waals surface area contributed by atoms with Gasteiger partial charge >= 0.3 is 0 Å². The summed E-state index contributed by atoms with van der Waals surface area (Å²) in [7, 11) is 0. The monoisotopic (exact) mass is 309 g/mol. The van der Waals surface area contributed by atoms with Crippen LogP contribution < -0.4 is 5.32 Å². The van der Waals surface area contributed by atoms with Crippen molar-refractivity contribution < 1.29 is 4.79 Å². The van der Waals surface area contributed by atoms with Gasteiger partial charge < -0.3 is 5.32 Å². The first kappa shape index (κ1) is 14.6. The molecular weight excluding hydrogens is 286 g/mol. The minimum Gasteiger partial charge on any atom is -0.347 e. The summed E-state index contributed by atoms with van der Waals surface area (Å²) in [5.74, 6) is 0.614. The molecule has 0 aromatic carbocycles. The molecule has 4 aliphatic rings. The predicted molar refractivity (Wildman–Crippen MR) is 89.1 cm³/mol. The molecule has 3 aliphatic carbocycles. The van der Waals surface area contributed by atoms with E-state index in [1.165, 1.54) is 19.3 Å². The molecule has 2 bridgehead atoms. The minimum absolute atomic E-state index is 0.0921. The van der Waals surface area contributed by atoms with E-state index >= 15 is 0 Å². The zero-order valence-electron chi connectivity index (χ0n) is 14.0. The van der Waals surface area contributed by atoms with Gasteiger partial charge in [0.25, 0.3) is 5.91 Å². The summed E-state index contributed by atoms with van der Waals surface area (Å²) in [5.41, 5.74) is 2.38. The number of hydrogen-bond donors (Lipinski definition) is 1. The van der Waals surface area contributed by atoms with Crippen LogP contribution in [0.3, 0.4) is 0 Å².